The molecule has 1 saturated carbocycles. The van der Waals surface area contributed by atoms with Gasteiger partial charge >= 0.3 is 0 Å². The first-order valence-corrected chi connectivity index (χ1v) is 5.54. The van der Waals surface area contributed by atoms with Crippen LogP contribution < -0.4 is 0 Å². The van der Waals surface area contributed by atoms with Crippen molar-refractivity contribution in [3.63, 3.8) is 0 Å². The SMILES string of the molecule is CCCCC1CC2CC=C(C2)C1=O. The lowest BCUT2D eigenvalue weighted by molar-refractivity contribution is -0.121. The van der Waals surface area contributed by atoms with E-state index in [1.165, 1.54) is 25.7 Å². The van der Waals surface area contributed by atoms with Crippen molar-refractivity contribution in [2.45, 2.75) is 45.4 Å². The zero-order chi connectivity index (χ0) is 9.26. The number of rotatable bonds is 3. The molecule has 2 atom stereocenters. The maximum Gasteiger partial charge on any atom is 0.161 e. The van der Waals surface area contributed by atoms with Crippen LogP contribution in [0.2, 0.25) is 0 Å². The summed E-state index contributed by atoms with van der Waals surface area (Å²) in [6, 6.07) is 0. The highest BCUT2D eigenvalue weighted by atomic mass is 16.1. The Balaban J connectivity index is 1.98. The van der Waals surface area contributed by atoms with Gasteiger partial charge in [0.2, 0.25) is 0 Å². The first kappa shape index (κ1) is 8.98. The van der Waals surface area contributed by atoms with Gasteiger partial charge in [0.05, 0.1) is 0 Å². The molecule has 2 rings (SSSR count). The van der Waals surface area contributed by atoms with E-state index in [1.807, 2.05) is 0 Å². The summed E-state index contributed by atoms with van der Waals surface area (Å²) in [5, 5.41) is 0. The van der Waals surface area contributed by atoms with Crippen molar-refractivity contribution in [3.05, 3.63) is 11.6 Å². The van der Waals surface area contributed by atoms with Crippen LogP contribution in [0, 0.1) is 11.8 Å². The number of carbonyl (C=O) groups excluding carboxylic acids is 1. The Kier molecular flexibility index (Phi) is 2.52. The molecule has 0 aromatic heterocycles. The number of hydrogen-bond donors (Lipinski definition) is 0. The number of hydrogen-bond acceptors (Lipinski definition) is 1. The summed E-state index contributed by atoms with van der Waals surface area (Å²) in [5.74, 6) is 1.67. The summed E-state index contributed by atoms with van der Waals surface area (Å²) in [6.07, 6.45) is 9.16. The van der Waals surface area contributed by atoms with E-state index in [4.69, 9.17) is 0 Å². The maximum atomic E-state index is 11.8. The Morgan fingerprint density at radius 2 is 2.38 bits per heavy atom. The van der Waals surface area contributed by atoms with Gasteiger partial charge in [-0.05, 0) is 37.2 Å². The normalized spacial score (nSPS) is 32.1. The largest absolute Gasteiger partial charge is 0.294 e. The Morgan fingerprint density at radius 1 is 1.54 bits per heavy atom. The molecule has 0 aromatic carbocycles. The van der Waals surface area contributed by atoms with Crippen LogP contribution in [0.5, 0.6) is 0 Å². The van der Waals surface area contributed by atoms with Crippen molar-refractivity contribution >= 4 is 5.78 Å². The van der Waals surface area contributed by atoms with E-state index >= 15 is 0 Å². The second kappa shape index (κ2) is 3.65. The summed E-state index contributed by atoms with van der Waals surface area (Å²) in [6.45, 7) is 2.20. The third kappa shape index (κ3) is 1.70. The van der Waals surface area contributed by atoms with Crippen LogP contribution in [0.3, 0.4) is 0 Å². The third-order valence-corrected chi connectivity index (χ3v) is 3.42. The van der Waals surface area contributed by atoms with Crippen LogP contribution in [-0.2, 0) is 4.79 Å². The van der Waals surface area contributed by atoms with Gasteiger partial charge in [0.15, 0.2) is 5.78 Å². The minimum atomic E-state index is 0.382. The molecule has 0 aromatic rings. The van der Waals surface area contributed by atoms with Gasteiger partial charge in [-0.25, -0.2) is 0 Å². The molecule has 2 aliphatic carbocycles. The first-order chi connectivity index (χ1) is 6.31. The third-order valence-electron chi connectivity index (χ3n) is 3.42. The molecular weight excluding hydrogens is 160 g/mol. The average Bonchev–Trinajstić information content (AvgIpc) is 2.54. The Morgan fingerprint density at radius 3 is 3.15 bits per heavy atom. The highest BCUT2D eigenvalue weighted by molar-refractivity contribution is 5.98. The lowest BCUT2D eigenvalue weighted by atomic mass is 9.79. The zero-order valence-corrected chi connectivity index (χ0v) is 8.38. The molecule has 0 saturated heterocycles. The number of fused-ring (bicyclic) bond motifs is 2. The molecule has 1 nitrogen and oxygen atoms in total. The van der Waals surface area contributed by atoms with E-state index in [0.29, 0.717) is 11.7 Å². The van der Waals surface area contributed by atoms with Gasteiger partial charge in [-0.1, -0.05) is 25.8 Å². The highest BCUT2D eigenvalue weighted by Crippen LogP contribution is 2.39. The van der Waals surface area contributed by atoms with Crippen molar-refractivity contribution in [1.82, 2.24) is 0 Å². The number of carbonyl (C=O) groups is 1. The molecule has 0 spiro atoms. The lowest BCUT2D eigenvalue weighted by Crippen LogP contribution is -2.23. The van der Waals surface area contributed by atoms with Gasteiger partial charge < -0.3 is 0 Å². The highest BCUT2D eigenvalue weighted by Gasteiger charge is 2.34. The molecule has 2 bridgehead atoms. The van der Waals surface area contributed by atoms with Gasteiger partial charge in [-0.2, -0.15) is 0 Å². The summed E-state index contributed by atoms with van der Waals surface area (Å²) in [5.41, 5.74) is 1.15. The van der Waals surface area contributed by atoms with Crippen molar-refractivity contribution in [2.75, 3.05) is 0 Å². The second-order valence-electron chi connectivity index (χ2n) is 4.47. The Hall–Kier alpha value is -0.590. The minimum Gasteiger partial charge on any atom is -0.294 e. The topological polar surface area (TPSA) is 17.1 Å². The van der Waals surface area contributed by atoms with Crippen LogP contribution in [0.4, 0.5) is 0 Å². The number of ketones is 1. The molecule has 1 heteroatoms. The van der Waals surface area contributed by atoms with Crippen molar-refractivity contribution in [3.8, 4) is 0 Å². The van der Waals surface area contributed by atoms with Gasteiger partial charge in [0.25, 0.3) is 0 Å². The molecule has 2 aliphatic rings. The van der Waals surface area contributed by atoms with Gasteiger partial charge in [-0.15, -0.1) is 0 Å². The van der Waals surface area contributed by atoms with Crippen LogP contribution in [0.15, 0.2) is 11.6 Å². The maximum absolute atomic E-state index is 11.8. The molecule has 1 fully saturated rings. The summed E-state index contributed by atoms with van der Waals surface area (Å²) in [4.78, 5) is 11.8. The number of allylic oxidation sites excluding steroid dienone is 2. The standard InChI is InChI=1S/C12H18O/c1-2-3-4-10-7-9-5-6-11(8-9)12(10)13/h6,9-10H,2-5,7-8H2,1H3. The van der Waals surface area contributed by atoms with Gasteiger partial charge in [-0.3, -0.25) is 4.79 Å². The fourth-order valence-corrected chi connectivity index (χ4v) is 2.64. The zero-order valence-electron chi connectivity index (χ0n) is 8.38. The molecule has 0 heterocycles. The molecular formula is C12H18O. The van der Waals surface area contributed by atoms with Crippen molar-refractivity contribution in [2.24, 2.45) is 11.8 Å². The van der Waals surface area contributed by atoms with E-state index < -0.39 is 0 Å². The second-order valence-corrected chi connectivity index (χ2v) is 4.47. The monoisotopic (exact) mass is 178 g/mol. The molecule has 0 radical (unpaired) electrons. The molecule has 0 N–H and O–H groups in total. The number of Topliss-reactive ketones (excluding diaryl/α,β-unsaturated/α-hetero) is 1. The fourth-order valence-electron chi connectivity index (χ4n) is 2.64. The van der Waals surface area contributed by atoms with Crippen LogP contribution >= 0.6 is 0 Å². The van der Waals surface area contributed by atoms with E-state index in [0.717, 1.165) is 24.3 Å². The predicted octanol–water partition coefficient (Wildman–Crippen LogP) is 3.10. The Labute approximate surface area is 80.2 Å². The Bertz CT molecular complexity index is 240. The molecule has 2 unspecified atom stereocenters. The van der Waals surface area contributed by atoms with Crippen molar-refractivity contribution < 1.29 is 4.79 Å². The lowest BCUT2D eigenvalue weighted by Gasteiger charge is -2.24. The van der Waals surface area contributed by atoms with Crippen LogP contribution in [0.25, 0.3) is 0 Å². The van der Waals surface area contributed by atoms with Crippen LogP contribution in [-0.4, -0.2) is 5.78 Å². The summed E-state index contributed by atoms with van der Waals surface area (Å²) in [7, 11) is 0. The first-order valence-electron chi connectivity index (χ1n) is 5.54. The summed E-state index contributed by atoms with van der Waals surface area (Å²) < 4.78 is 0. The molecule has 0 amide bonds. The summed E-state index contributed by atoms with van der Waals surface area (Å²) >= 11 is 0. The van der Waals surface area contributed by atoms with E-state index in [9.17, 15) is 4.79 Å². The van der Waals surface area contributed by atoms with E-state index in [-0.39, 0.29) is 0 Å². The van der Waals surface area contributed by atoms with Gasteiger partial charge in [0, 0.05) is 5.92 Å². The van der Waals surface area contributed by atoms with Crippen molar-refractivity contribution in [1.29, 1.82) is 0 Å². The fraction of sp³-hybridized carbons (Fsp3) is 0.750. The predicted molar refractivity (Wildman–Crippen MR) is 53.4 cm³/mol. The minimum absolute atomic E-state index is 0.382. The molecule has 72 valence electrons. The van der Waals surface area contributed by atoms with Crippen LogP contribution in [0.1, 0.15) is 45.4 Å². The van der Waals surface area contributed by atoms with Gasteiger partial charge in [0.1, 0.15) is 0 Å². The van der Waals surface area contributed by atoms with E-state index in [1.54, 1.807) is 0 Å². The average molecular weight is 178 g/mol. The van der Waals surface area contributed by atoms with E-state index in [2.05, 4.69) is 13.0 Å². The quantitative estimate of drug-likeness (QED) is 0.649. The smallest absolute Gasteiger partial charge is 0.161 e. The number of unbranched alkanes of at least 4 members (excludes halogenated alkanes) is 1. The molecule has 13 heavy (non-hydrogen) atoms. The molecule has 0 aliphatic heterocycles.